The summed E-state index contributed by atoms with van der Waals surface area (Å²) >= 11 is 0. The standard InChI is InChI=1S/C15H21FN2O3/c16-11-2-3-13(14(20)10-11)15(21)17-6-1-7-18-8-4-12(19)5-9-18/h2-3,10,12,19-20H,1,4-9H2,(H,17,21). The molecule has 5 nitrogen and oxygen atoms in total. The van der Waals surface area contributed by atoms with Crippen molar-refractivity contribution in [2.24, 2.45) is 0 Å². The molecule has 0 radical (unpaired) electrons. The second kappa shape index (κ2) is 7.38. The number of benzene rings is 1. The first-order chi connectivity index (χ1) is 10.1. The molecule has 2 rings (SSSR count). The van der Waals surface area contributed by atoms with Crippen LogP contribution in [-0.2, 0) is 0 Å². The summed E-state index contributed by atoms with van der Waals surface area (Å²) in [4.78, 5) is 14.1. The van der Waals surface area contributed by atoms with Crippen molar-refractivity contribution in [1.29, 1.82) is 0 Å². The predicted octanol–water partition coefficient (Wildman–Crippen LogP) is 1.11. The number of rotatable bonds is 5. The third-order valence-electron chi connectivity index (χ3n) is 3.70. The normalized spacial score (nSPS) is 16.9. The fraction of sp³-hybridized carbons (Fsp3) is 0.533. The van der Waals surface area contributed by atoms with Crippen LogP contribution in [0.25, 0.3) is 0 Å². The molecule has 1 aliphatic rings. The zero-order chi connectivity index (χ0) is 15.2. The molecule has 0 aliphatic carbocycles. The van der Waals surface area contributed by atoms with E-state index < -0.39 is 11.7 Å². The number of hydrogen-bond acceptors (Lipinski definition) is 4. The molecule has 0 atom stereocenters. The highest BCUT2D eigenvalue weighted by Crippen LogP contribution is 2.17. The summed E-state index contributed by atoms with van der Waals surface area (Å²) < 4.78 is 12.8. The highest BCUT2D eigenvalue weighted by Gasteiger charge is 2.16. The Labute approximate surface area is 123 Å². The Bertz CT molecular complexity index is 488. The molecule has 1 fully saturated rings. The number of hydrogen-bond donors (Lipinski definition) is 3. The predicted molar refractivity (Wildman–Crippen MR) is 76.7 cm³/mol. The number of aliphatic hydroxyl groups is 1. The van der Waals surface area contributed by atoms with Crippen LogP contribution in [0.15, 0.2) is 18.2 Å². The number of piperidine rings is 1. The van der Waals surface area contributed by atoms with Gasteiger partial charge in [-0.25, -0.2) is 4.39 Å². The summed E-state index contributed by atoms with van der Waals surface area (Å²) in [6.07, 6.45) is 2.22. The van der Waals surface area contributed by atoms with Gasteiger partial charge in [-0.15, -0.1) is 0 Å². The monoisotopic (exact) mass is 296 g/mol. The largest absolute Gasteiger partial charge is 0.507 e. The Morgan fingerprint density at radius 3 is 2.76 bits per heavy atom. The summed E-state index contributed by atoms with van der Waals surface area (Å²) in [5.41, 5.74) is 0.0810. The number of aromatic hydroxyl groups is 1. The molecule has 1 heterocycles. The molecule has 0 spiro atoms. The Kier molecular flexibility index (Phi) is 5.52. The van der Waals surface area contributed by atoms with Gasteiger partial charge in [0, 0.05) is 25.7 Å². The van der Waals surface area contributed by atoms with Gasteiger partial charge >= 0.3 is 0 Å². The van der Waals surface area contributed by atoms with Crippen molar-refractivity contribution in [2.75, 3.05) is 26.2 Å². The van der Waals surface area contributed by atoms with Crippen LogP contribution >= 0.6 is 0 Å². The molecule has 21 heavy (non-hydrogen) atoms. The number of nitrogens with zero attached hydrogens (tertiary/aromatic N) is 1. The zero-order valence-corrected chi connectivity index (χ0v) is 11.9. The van der Waals surface area contributed by atoms with Crippen molar-refractivity contribution in [3.63, 3.8) is 0 Å². The average Bonchev–Trinajstić information content (AvgIpc) is 2.45. The third-order valence-corrected chi connectivity index (χ3v) is 3.70. The lowest BCUT2D eigenvalue weighted by Gasteiger charge is -2.29. The van der Waals surface area contributed by atoms with Gasteiger partial charge in [0.15, 0.2) is 0 Å². The fourth-order valence-electron chi connectivity index (χ4n) is 2.44. The van der Waals surface area contributed by atoms with Crippen molar-refractivity contribution in [2.45, 2.75) is 25.4 Å². The zero-order valence-electron chi connectivity index (χ0n) is 11.9. The molecule has 1 aromatic carbocycles. The number of likely N-dealkylation sites (tertiary alicyclic amines) is 1. The molecule has 3 N–H and O–H groups in total. The van der Waals surface area contributed by atoms with Crippen molar-refractivity contribution < 1.29 is 19.4 Å². The molecule has 0 saturated carbocycles. The number of phenolic OH excluding ortho intramolecular Hbond substituents is 1. The number of halogens is 1. The minimum Gasteiger partial charge on any atom is -0.507 e. The number of phenols is 1. The van der Waals surface area contributed by atoms with Gasteiger partial charge in [0.05, 0.1) is 11.7 Å². The molecule has 1 saturated heterocycles. The molecule has 116 valence electrons. The highest BCUT2D eigenvalue weighted by molar-refractivity contribution is 5.96. The van der Waals surface area contributed by atoms with Gasteiger partial charge in [-0.05, 0) is 37.9 Å². The van der Waals surface area contributed by atoms with E-state index in [-0.39, 0.29) is 17.4 Å². The van der Waals surface area contributed by atoms with Gasteiger partial charge in [-0.3, -0.25) is 4.79 Å². The molecule has 0 bridgehead atoms. The van der Waals surface area contributed by atoms with Gasteiger partial charge in [0.2, 0.25) is 0 Å². The minimum absolute atomic E-state index is 0.0810. The maximum atomic E-state index is 12.8. The first kappa shape index (κ1) is 15.7. The van der Waals surface area contributed by atoms with Crippen LogP contribution in [0.3, 0.4) is 0 Å². The summed E-state index contributed by atoms with van der Waals surface area (Å²) in [5.74, 6) is -1.32. The van der Waals surface area contributed by atoms with E-state index in [9.17, 15) is 19.4 Å². The number of nitrogens with one attached hydrogen (secondary N) is 1. The lowest BCUT2D eigenvalue weighted by Crippen LogP contribution is -2.37. The van der Waals surface area contributed by atoms with Crippen molar-refractivity contribution in [1.82, 2.24) is 10.2 Å². The average molecular weight is 296 g/mol. The first-order valence-electron chi connectivity index (χ1n) is 7.23. The van der Waals surface area contributed by atoms with Crippen LogP contribution < -0.4 is 5.32 Å². The summed E-state index contributed by atoms with van der Waals surface area (Å²) in [7, 11) is 0. The van der Waals surface area contributed by atoms with Crippen molar-refractivity contribution >= 4 is 5.91 Å². The van der Waals surface area contributed by atoms with E-state index in [2.05, 4.69) is 10.2 Å². The summed E-state index contributed by atoms with van der Waals surface area (Å²) in [6, 6.07) is 3.34. The van der Waals surface area contributed by atoms with E-state index in [1.165, 1.54) is 6.07 Å². The van der Waals surface area contributed by atoms with Crippen LogP contribution in [0.5, 0.6) is 5.75 Å². The maximum Gasteiger partial charge on any atom is 0.255 e. The van der Waals surface area contributed by atoms with Gasteiger partial charge < -0.3 is 20.4 Å². The van der Waals surface area contributed by atoms with Crippen LogP contribution in [0.4, 0.5) is 4.39 Å². The second-order valence-corrected chi connectivity index (χ2v) is 5.34. The van der Waals surface area contributed by atoms with Crippen LogP contribution in [0.1, 0.15) is 29.6 Å². The number of carbonyl (C=O) groups excluding carboxylic acids is 1. The topological polar surface area (TPSA) is 72.8 Å². The van der Waals surface area contributed by atoms with E-state index in [4.69, 9.17) is 0 Å². The van der Waals surface area contributed by atoms with E-state index >= 15 is 0 Å². The number of aliphatic hydroxyl groups excluding tert-OH is 1. The summed E-state index contributed by atoms with van der Waals surface area (Å²) in [5, 5.41) is 21.6. The third kappa shape index (κ3) is 4.68. The summed E-state index contributed by atoms with van der Waals surface area (Å²) in [6.45, 7) is 3.12. The van der Waals surface area contributed by atoms with E-state index in [1.54, 1.807) is 0 Å². The Morgan fingerprint density at radius 2 is 2.10 bits per heavy atom. The van der Waals surface area contributed by atoms with Crippen LogP contribution in [0, 0.1) is 5.82 Å². The molecule has 0 aromatic heterocycles. The fourth-order valence-corrected chi connectivity index (χ4v) is 2.44. The molecule has 1 aromatic rings. The Hall–Kier alpha value is -1.66. The lowest BCUT2D eigenvalue weighted by molar-refractivity contribution is 0.0816. The SMILES string of the molecule is O=C(NCCCN1CCC(O)CC1)c1ccc(F)cc1O. The molecule has 1 aliphatic heterocycles. The van der Waals surface area contributed by atoms with Gasteiger partial charge in [-0.2, -0.15) is 0 Å². The molecule has 6 heteroatoms. The smallest absolute Gasteiger partial charge is 0.255 e. The number of carbonyl (C=O) groups is 1. The second-order valence-electron chi connectivity index (χ2n) is 5.34. The highest BCUT2D eigenvalue weighted by atomic mass is 19.1. The van der Waals surface area contributed by atoms with Crippen molar-refractivity contribution in [3.8, 4) is 5.75 Å². The van der Waals surface area contributed by atoms with E-state index in [0.29, 0.717) is 6.54 Å². The Balaban J connectivity index is 1.69. The van der Waals surface area contributed by atoms with Crippen LogP contribution in [-0.4, -0.2) is 53.3 Å². The van der Waals surface area contributed by atoms with Gasteiger partial charge in [-0.1, -0.05) is 0 Å². The first-order valence-corrected chi connectivity index (χ1v) is 7.23. The van der Waals surface area contributed by atoms with E-state index in [1.807, 2.05) is 0 Å². The van der Waals surface area contributed by atoms with E-state index in [0.717, 1.165) is 51.0 Å². The van der Waals surface area contributed by atoms with Crippen LogP contribution in [0.2, 0.25) is 0 Å². The maximum absolute atomic E-state index is 12.8. The molecular formula is C15H21FN2O3. The number of amides is 1. The lowest BCUT2D eigenvalue weighted by atomic mass is 10.1. The Morgan fingerprint density at radius 1 is 1.38 bits per heavy atom. The van der Waals surface area contributed by atoms with Crippen molar-refractivity contribution in [3.05, 3.63) is 29.6 Å². The quantitative estimate of drug-likeness (QED) is 0.712. The molecule has 1 amide bonds. The molecule has 0 unspecified atom stereocenters. The minimum atomic E-state index is -0.573. The van der Waals surface area contributed by atoms with Gasteiger partial charge in [0.25, 0.3) is 5.91 Å². The molecular weight excluding hydrogens is 275 g/mol. The van der Waals surface area contributed by atoms with Gasteiger partial charge in [0.1, 0.15) is 11.6 Å².